The van der Waals surface area contributed by atoms with Gasteiger partial charge >= 0.3 is 0 Å². The minimum absolute atomic E-state index is 0.213. The average molecular weight is 365 g/mol. The molecule has 2 aromatic rings. The highest BCUT2D eigenvalue weighted by molar-refractivity contribution is 7.89. The van der Waals surface area contributed by atoms with Crippen molar-refractivity contribution in [3.63, 3.8) is 0 Å². The van der Waals surface area contributed by atoms with Gasteiger partial charge in [-0.25, -0.2) is 17.9 Å². The van der Waals surface area contributed by atoms with E-state index in [0.717, 1.165) is 24.5 Å². The zero-order valence-electron chi connectivity index (χ0n) is 13.1. The highest BCUT2D eigenvalue weighted by Crippen LogP contribution is 2.41. The Bertz CT molecular complexity index is 933. The van der Waals surface area contributed by atoms with Crippen molar-refractivity contribution in [1.29, 1.82) is 0 Å². The lowest BCUT2D eigenvalue weighted by Crippen LogP contribution is -2.24. The Balaban J connectivity index is 2.07. The maximum Gasteiger partial charge on any atom is 0.293 e. The molecule has 2 N–H and O–H groups in total. The third kappa shape index (κ3) is 3.47. The first kappa shape index (κ1) is 17.3. The van der Waals surface area contributed by atoms with E-state index >= 15 is 0 Å². The van der Waals surface area contributed by atoms with E-state index in [2.05, 4.69) is 0 Å². The lowest BCUT2D eigenvalue weighted by Gasteiger charge is -2.27. The largest absolute Gasteiger partial charge is 0.359 e. The molecule has 1 saturated heterocycles. The molecule has 1 atom stereocenters. The van der Waals surface area contributed by atoms with Gasteiger partial charge in [0.05, 0.1) is 15.9 Å². The lowest BCUT2D eigenvalue weighted by molar-refractivity contribution is -0.384. The van der Waals surface area contributed by atoms with Gasteiger partial charge in [-0.05, 0) is 42.7 Å². The van der Waals surface area contributed by atoms with Gasteiger partial charge in [-0.1, -0.05) is 12.1 Å². The first-order chi connectivity index (χ1) is 11.8. The summed E-state index contributed by atoms with van der Waals surface area (Å²) in [4.78, 5) is 12.3. The summed E-state index contributed by atoms with van der Waals surface area (Å²) in [5, 5.41) is 16.5. The second-order valence-electron chi connectivity index (χ2n) is 5.86. The normalized spacial score (nSPS) is 17.7. The van der Waals surface area contributed by atoms with Gasteiger partial charge in [0.15, 0.2) is 0 Å². The summed E-state index contributed by atoms with van der Waals surface area (Å²) in [7, 11) is -4.04. The summed E-state index contributed by atoms with van der Waals surface area (Å²) in [5.74, 6) is -0.372. The van der Waals surface area contributed by atoms with E-state index < -0.39 is 14.9 Å². The van der Waals surface area contributed by atoms with E-state index in [0.29, 0.717) is 12.2 Å². The van der Waals surface area contributed by atoms with E-state index in [1.807, 2.05) is 0 Å². The number of nitro groups is 1. The Kier molecular flexibility index (Phi) is 4.44. The van der Waals surface area contributed by atoms with Gasteiger partial charge < -0.3 is 4.90 Å². The minimum atomic E-state index is -4.04. The van der Waals surface area contributed by atoms with E-state index in [9.17, 15) is 22.9 Å². The summed E-state index contributed by atoms with van der Waals surface area (Å²) in [6, 6.07) is 9.50. The smallest absolute Gasteiger partial charge is 0.293 e. The highest BCUT2D eigenvalue weighted by atomic mass is 32.2. The molecule has 132 valence electrons. The van der Waals surface area contributed by atoms with Crippen molar-refractivity contribution in [2.75, 3.05) is 11.4 Å². The lowest BCUT2D eigenvalue weighted by atomic mass is 10.0. The molecule has 9 heteroatoms. The van der Waals surface area contributed by atoms with Crippen LogP contribution < -0.4 is 10.0 Å². The Morgan fingerprint density at radius 2 is 2.00 bits per heavy atom. The molecule has 7 nitrogen and oxygen atoms in total. The molecular formula is C16H16FN3O4S. The van der Waals surface area contributed by atoms with Crippen LogP contribution in [0.1, 0.15) is 24.4 Å². The summed E-state index contributed by atoms with van der Waals surface area (Å²) >= 11 is 0. The topological polar surface area (TPSA) is 107 Å². The zero-order chi connectivity index (χ0) is 18.2. The second-order valence-corrected chi connectivity index (χ2v) is 7.42. The number of hydrogen-bond donors (Lipinski definition) is 1. The van der Waals surface area contributed by atoms with Crippen LogP contribution in [0, 0.1) is 15.9 Å². The third-order valence-electron chi connectivity index (χ3n) is 4.27. The fourth-order valence-corrected chi connectivity index (χ4v) is 3.72. The Morgan fingerprint density at radius 1 is 1.24 bits per heavy atom. The van der Waals surface area contributed by atoms with Crippen LogP contribution in [-0.4, -0.2) is 19.9 Å². The molecule has 0 aromatic heterocycles. The molecule has 1 aliphatic heterocycles. The van der Waals surface area contributed by atoms with Crippen molar-refractivity contribution in [2.45, 2.75) is 23.8 Å². The maximum absolute atomic E-state index is 13.5. The minimum Gasteiger partial charge on any atom is -0.359 e. The Hall–Kier alpha value is -2.52. The molecule has 0 unspecified atom stereocenters. The molecule has 2 aromatic carbocycles. The summed E-state index contributed by atoms with van der Waals surface area (Å²) < 4.78 is 36.5. The first-order valence-electron chi connectivity index (χ1n) is 7.61. The van der Waals surface area contributed by atoms with Crippen LogP contribution in [-0.2, 0) is 10.0 Å². The standard InChI is InChI=1S/C16H16FN3O4S/c17-12-4-1-3-11(9-12)14-5-2-8-19(14)15-7-6-13(25(18,23)24)10-16(15)20(21)22/h1,3-4,6-7,9-10,14H,2,5,8H2,(H2,18,23,24)/t14-/m1/s1. The molecular weight excluding hydrogens is 349 g/mol. The van der Waals surface area contributed by atoms with Crippen molar-refractivity contribution in [2.24, 2.45) is 5.14 Å². The van der Waals surface area contributed by atoms with Crippen LogP contribution in [0.2, 0.25) is 0 Å². The predicted octanol–water partition coefficient (Wildman–Crippen LogP) is 2.72. The number of benzene rings is 2. The molecule has 0 bridgehead atoms. The predicted molar refractivity (Wildman–Crippen MR) is 90.2 cm³/mol. The zero-order valence-corrected chi connectivity index (χ0v) is 13.9. The third-order valence-corrected chi connectivity index (χ3v) is 5.18. The number of nitrogens with zero attached hydrogens (tertiary/aromatic N) is 2. The van der Waals surface area contributed by atoms with Gasteiger partial charge in [0, 0.05) is 12.6 Å². The number of sulfonamides is 1. The second kappa shape index (κ2) is 6.41. The van der Waals surface area contributed by atoms with Crippen LogP contribution >= 0.6 is 0 Å². The van der Waals surface area contributed by atoms with Crippen molar-refractivity contribution >= 4 is 21.4 Å². The van der Waals surface area contributed by atoms with Crippen LogP contribution in [0.3, 0.4) is 0 Å². The molecule has 0 amide bonds. The Labute approximate surface area is 144 Å². The quantitative estimate of drug-likeness (QED) is 0.662. The Morgan fingerprint density at radius 3 is 2.64 bits per heavy atom. The van der Waals surface area contributed by atoms with E-state index in [-0.39, 0.29) is 22.4 Å². The van der Waals surface area contributed by atoms with Crippen molar-refractivity contribution in [3.05, 3.63) is 64.0 Å². The van der Waals surface area contributed by atoms with E-state index in [1.54, 1.807) is 17.0 Å². The molecule has 0 aliphatic carbocycles. The number of rotatable bonds is 4. The molecule has 1 fully saturated rings. The number of primary sulfonamides is 1. The molecule has 1 aliphatic rings. The number of nitrogens with two attached hydrogens (primary N) is 1. The highest BCUT2D eigenvalue weighted by Gasteiger charge is 2.31. The molecule has 0 saturated carbocycles. The van der Waals surface area contributed by atoms with Crippen molar-refractivity contribution < 1.29 is 17.7 Å². The summed E-state index contributed by atoms with van der Waals surface area (Å²) in [5.41, 5.74) is 0.682. The molecule has 0 radical (unpaired) electrons. The number of halogens is 1. The van der Waals surface area contributed by atoms with Gasteiger partial charge in [-0.15, -0.1) is 0 Å². The average Bonchev–Trinajstić information content (AvgIpc) is 3.02. The summed E-state index contributed by atoms with van der Waals surface area (Å²) in [6.07, 6.45) is 1.51. The first-order valence-corrected chi connectivity index (χ1v) is 9.15. The molecule has 1 heterocycles. The molecule has 3 rings (SSSR count). The number of anilines is 1. The summed E-state index contributed by atoms with van der Waals surface area (Å²) in [6.45, 7) is 0.552. The maximum atomic E-state index is 13.5. The van der Waals surface area contributed by atoms with E-state index in [1.165, 1.54) is 24.3 Å². The van der Waals surface area contributed by atoms with Crippen molar-refractivity contribution in [1.82, 2.24) is 0 Å². The van der Waals surface area contributed by atoms with Gasteiger partial charge in [0.25, 0.3) is 5.69 Å². The van der Waals surface area contributed by atoms with Crippen LogP contribution in [0.4, 0.5) is 15.8 Å². The molecule has 0 spiro atoms. The number of hydrogen-bond acceptors (Lipinski definition) is 5. The van der Waals surface area contributed by atoms with Gasteiger partial charge in [0.1, 0.15) is 11.5 Å². The van der Waals surface area contributed by atoms with Gasteiger partial charge in [0.2, 0.25) is 10.0 Å². The van der Waals surface area contributed by atoms with Crippen LogP contribution in [0.5, 0.6) is 0 Å². The van der Waals surface area contributed by atoms with Crippen molar-refractivity contribution in [3.8, 4) is 0 Å². The monoisotopic (exact) mass is 365 g/mol. The van der Waals surface area contributed by atoms with Gasteiger partial charge in [-0.2, -0.15) is 0 Å². The van der Waals surface area contributed by atoms with Crippen LogP contribution in [0.25, 0.3) is 0 Å². The number of nitro benzene ring substituents is 1. The fourth-order valence-electron chi connectivity index (χ4n) is 3.18. The SMILES string of the molecule is NS(=O)(=O)c1ccc(N2CCC[C@@H]2c2cccc(F)c2)c([N+](=O)[O-])c1. The van der Waals surface area contributed by atoms with Gasteiger partial charge in [-0.3, -0.25) is 10.1 Å². The molecule has 25 heavy (non-hydrogen) atoms. The van der Waals surface area contributed by atoms with Crippen LogP contribution in [0.15, 0.2) is 47.4 Å². The fraction of sp³-hybridized carbons (Fsp3) is 0.250. The van der Waals surface area contributed by atoms with E-state index in [4.69, 9.17) is 5.14 Å².